The molecular formula is C34H20N4S. The van der Waals surface area contributed by atoms with E-state index in [4.69, 9.17) is 9.97 Å². The molecule has 0 amide bonds. The Morgan fingerprint density at radius 3 is 2.21 bits per heavy atom. The van der Waals surface area contributed by atoms with Gasteiger partial charge < -0.3 is 4.57 Å². The third-order valence-electron chi connectivity index (χ3n) is 7.73. The molecule has 0 aliphatic rings. The summed E-state index contributed by atoms with van der Waals surface area (Å²) in [5.74, 6) is 0. The molecular weight excluding hydrogens is 496 g/mol. The number of nitrogens with zero attached hydrogens (tertiary/aromatic N) is 4. The van der Waals surface area contributed by atoms with Crippen LogP contribution in [0.2, 0.25) is 0 Å². The van der Waals surface area contributed by atoms with Crippen LogP contribution >= 0.6 is 11.3 Å². The highest BCUT2D eigenvalue weighted by molar-refractivity contribution is 7.24. The summed E-state index contributed by atoms with van der Waals surface area (Å²) < 4.78 is 5.95. The summed E-state index contributed by atoms with van der Waals surface area (Å²) >= 11 is 1.76. The Labute approximate surface area is 227 Å². The summed E-state index contributed by atoms with van der Waals surface area (Å²) in [5.41, 5.74) is 9.85. The highest BCUT2D eigenvalue weighted by atomic mass is 32.1. The van der Waals surface area contributed by atoms with Gasteiger partial charge in [0.25, 0.3) is 0 Å². The summed E-state index contributed by atoms with van der Waals surface area (Å²) in [6.07, 6.45) is 0. The maximum atomic E-state index is 5.23. The van der Waals surface area contributed by atoms with Crippen LogP contribution in [0.5, 0.6) is 0 Å². The molecule has 0 spiro atoms. The van der Waals surface area contributed by atoms with Gasteiger partial charge in [-0.1, -0.05) is 96.3 Å². The molecule has 9 aromatic rings. The van der Waals surface area contributed by atoms with E-state index in [1.165, 1.54) is 32.0 Å². The number of thiazole rings is 1. The first-order valence-electron chi connectivity index (χ1n) is 13.0. The lowest BCUT2D eigenvalue weighted by Crippen LogP contribution is -2.00. The topological polar surface area (TPSA) is 35.1 Å². The van der Waals surface area contributed by atoms with Crippen molar-refractivity contribution in [2.75, 3.05) is 0 Å². The molecule has 4 aromatic heterocycles. The highest BCUT2D eigenvalue weighted by Crippen LogP contribution is 2.42. The van der Waals surface area contributed by atoms with Gasteiger partial charge in [-0.2, -0.15) is 0 Å². The van der Waals surface area contributed by atoms with E-state index in [0.29, 0.717) is 0 Å². The number of hydrogen-bond donors (Lipinski definition) is 0. The Kier molecular flexibility index (Phi) is 4.18. The van der Waals surface area contributed by atoms with Crippen molar-refractivity contribution in [3.63, 3.8) is 0 Å². The van der Waals surface area contributed by atoms with E-state index in [-0.39, 0.29) is 0 Å². The molecule has 0 saturated heterocycles. The second-order valence-corrected chi connectivity index (χ2v) is 10.9. The third kappa shape index (κ3) is 2.88. The largest absolute Gasteiger partial charge is 0.306 e. The number of pyridine rings is 1. The minimum absolute atomic E-state index is 0.973. The highest BCUT2D eigenvalue weighted by Gasteiger charge is 2.22. The second-order valence-electron chi connectivity index (χ2n) is 9.90. The van der Waals surface area contributed by atoms with Crippen LogP contribution in [0.25, 0.3) is 75.9 Å². The number of para-hydroxylation sites is 4. The molecule has 39 heavy (non-hydrogen) atoms. The molecule has 182 valence electrons. The summed E-state index contributed by atoms with van der Waals surface area (Å²) in [4.78, 5) is 11.2. The van der Waals surface area contributed by atoms with E-state index in [9.17, 15) is 0 Å². The Morgan fingerprint density at radius 1 is 0.564 bits per heavy atom. The lowest BCUT2D eigenvalue weighted by atomic mass is 10.1. The molecule has 5 heteroatoms. The SMILES string of the molecule is c1ccc(-c2nc3ccccc3cc2-n2c3ccccc3c3ccc4c(sc5nc6ccccc6n54)c32)cc1. The molecule has 5 aromatic carbocycles. The minimum Gasteiger partial charge on any atom is -0.306 e. The summed E-state index contributed by atoms with van der Waals surface area (Å²) in [5, 5.41) is 3.59. The molecule has 0 aliphatic carbocycles. The predicted octanol–water partition coefficient (Wildman–Crippen LogP) is 9.01. The molecule has 0 atom stereocenters. The van der Waals surface area contributed by atoms with E-state index < -0.39 is 0 Å². The maximum Gasteiger partial charge on any atom is 0.195 e. The minimum atomic E-state index is 0.973. The van der Waals surface area contributed by atoms with Gasteiger partial charge in [0.2, 0.25) is 0 Å². The van der Waals surface area contributed by atoms with Crippen LogP contribution in [0.4, 0.5) is 0 Å². The lowest BCUT2D eigenvalue weighted by molar-refractivity contribution is 1.17. The van der Waals surface area contributed by atoms with Gasteiger partial charge in [0.15, 0.2) is 4.96 Å². The van der Waals surface area contributed by atoms with Crippen molar-refractivity contribution < 1.29 is 0 Å². The quantitative estimate of drug-likeness (QED) is 0.230. The first kappa shape index (κ1) is 21.0. The van der Waals surface area contributed by atoms with Gasteiger partial charge in [0.05, 0.1) is 49.2 Å². The zero-order chi connectivity index (χ0) is 25.5. The van der Waals surface area contributed by atoms with Gasteiger partial charge in [-0.05, 0) is 36.4 Å². The molecule has 0 saturated carbocycles. The average molecular weight is 517 g/mol. The number of imidazole rings is 1. The lowest BCUT2D eigenvalue weighted by Gasteiger charge is -2.15. The van der Waals surface area contributed by atoms with Gasteiger partial charge in [-0.15, -0.1) is 0 Å². The molecule has 0 N–H and O–H groups in total. The molecule has 0 fully saturated rings. The van der Waals surface area contributed by atoms with E-state index in [1.807, 2.05) is 0 Å². The first-order valence-corrected chi connectivity index (χ1v) is 13.8. The van der Waals surface area contributed by atoms with Crippen LogP contribution in [0.1, 0.15) is 0 Å². The summed E-state index contributed by atoms with van der Waals surface area (Å²) in [6, 6.07) is 42.8. The van der Waals surface area contributed by atoms with Gasteiger partial charge in [0, 0.05) is 21.7 Å². The van der Waals surface area contributed by atoms with Crippen LogP contribution < -0.4 is 0 Å². The average Bonchev–Trinajstić information content (AvgIpc) is 3.65. The van der Waals surface area contributed by atoms with Gasteiger partial charge in [0.1, 0.15) is 0 Å². The predicted molar refractivity (Wildman–Crippen MR) is 163 cm³/mol. The molecule has 0 bridgehead atoms. The zero-order valence-corrected chi connectivity index (χ0v) is 21.6. The summed E-state index contributed by atoms with van der Waals surface area (Å²) in [7, 11) is 0. The standard InChI is InChI=1S/C34H20N4S/c1-2-10-21(11-3-1)31-30(20-22-12-4-6-14-25(22)35-31)37-27-16-8-5-13-23(27)24-18-19-29-33(32(24)37)39-34-36-26-15-7-9-17-28(26)38(29)34/h1-20H. The normalized spacial score (nSPS) is 12.1. The van der Waals surface area contributed by atoms with Crippen LogP contribution in [-0.4, -0.2) is 18.9 Å². The van der Waals surface area contributed by atoms with Crippen molar-refractivity contribution in [1.29, 1.82) is 0 Å². The number of aromatic nitrogens is 4. The fourth-order valence-corrected chi connectivity index (χ4v) is 7.20. The molecule has 0 radical (unpaired) electrons. The number of rotatable bonds is 2. The Hall–Kier alpha value is -5.00. The van der Waals surface area contributed by atoms with E-state index in [0.717, 1.165) is 43.8 Å². The van der Waals surface area contributed by atoms with Crippen molar-refractivity contribution in [3.05, 3.63) is 121 Å². The molecule has 4 nitrogen and oxygen atoms in total. The Balaban J connectivity index is 1.50. The van der Waals surface area contributed by atoms with Crippen LogP contribution in [0.15, 0.2) is 121 Å². The van der Waals surface area contributed by atoms with Gasteiger partial charge >= 0.3 is 0 Å². The van der Waals surface area contributed by atoms with Crippen LogP contribution in [-0.2, 0) is 0 Å². The van der Waals surface area contributed by atoms with Gasteiger partial charge in [-0.3, -0.25) is 4.40 Å². The monoisotopic (exact) mass is 516 g/mol. The third-order valence-corrected chi connectivity index (χ3v) is 8.79. The van der Waals surface area contributed by atoms with Gasteiger partial charge in [-0.25, -0.2) is 9.97 Å². The number of fused-ring (bicyclic) bond motifs is 10. The molecule has 9 rings (SSSR count). The van der Waals surface area contributed by atoms with Crippen LogP contribution in [0, 0.1) is 0 Å². The van der Waals surface area contributed by atoms with Crippen molar-refractivity contribution in [3.8, 4) is 16.9 Å². The maximum absolute atomic E-state index is 5.23. The fraction of sp³-hybridized carbons (Fsp3) is 0. The first-order chi connectivity index (χ1) is 19.3. The van der Waals surface area contributed by atoms with E-state index >= 15 is 0 Å². The van der Waals surface area contributed by atoms with Crippen molar-refractivity contribution in [1.82, 2.24) is 18.9 Å². The van der Waals surface area contributed by atoms with E-state index in [1.54, 1.807) is 11.3 Å². The fourth-order valence-electron chi connectivity index (χ4n) is 6.02. The number of benzene rings is 5. The molecule has 4 heterocycles. The smallest absolute Gasteiger partial charge is 0.195 e. The molecule has 0 unspecified atom stereocenters. The van der Waals surface area contributed by atoms with Crippen molar-refractivity contribution in [2.24, 2.45) is 0 Å². The van der Waals surface area contributed by atoms with Crippen LogP contribution in [0.3, 0.4) is 0 Å². The molecule has 0 aliphatic heterocycles. The Bertz CT molecular complexity index is 2390. The van der Waals surface area contributed by atoms with Crippen molar-refractivity contribution >= 4 is 70.3 Å². The number of hydrogen-bond acceptors (Lipinski definition) is 3. The van der Waals surface area contributed by atoms with E-state index in [2.05, 4.69) is 130 Å². The van der Waals surface area contributed by atoms with Crippen molar-refractivity contribution in [2.45, 2.75) is 0 Å². The zero-order valence-electron chi connectivity index (χ0n) is 20.7. The summed E-state index contributed by atoms with van der Waals surface area (Å²) in [6.45, 7) is 0. The Morgan fingerprint density at radius 2 is 1.31 bits per heavy atom. The second kappa shape index (κ2) is 7.76.